The lowest BCUT2D eigenvalue weighted by atomic mass is 10.1. The SMILES string of the molecule is CCCc1ccc(S(=O)(=O)N2CCN(C(=O)c3cc[nH]c3)CC2)cc1. The number of hydrogen-bond acceptors (Lipinski definition) is 3. The van der Waals surface area contributed by atoms with Crippen molar-refractivity contribution in [3.8, 4) is 0 Å². The van der Waals surface area contributed by atoms with Gasteiger partial charge in [-0.05, 0) is 30.2 Å². The largest absolute Gasteiger partial charge is 0.367 e. The first kappa shape index (κ1) is 17.7. The summed E-state index contributed by atoms with van der Waals surface area (Å²) in [5.41, 5.74) is 1.74. The maximum Gasteiger partial charge on any atom is 0.255 e. The van der Waals surface area contributed by atoms with Gasteiger partial charge in [0.15, 0.2) is 0 Å². The van der Waals surface area contributed by atoms with E-state index in [4.69, 9.17) is 0 Å². The number of hydrogen-bond donors (Lipinski definition) is 1. The number of H-pyrrole nitrogens is 1. The van der Waals surface area contributed by atoms with Gasteiger partial charge >= 0.3 is 0 Å². The van der Waals surface area contributed by atoms with Crippen molar-refractivity contribution in [1.29, 1.82) is 0 Å². The van der Waals surface area contributed by atoms with Crippen LogP contribution >= 0.6 is 0 Å². The minimum atomic E-state index is -3.51. The summed E-state index contributed by atoms with van der Waals surface area (Å²) in [6, 6.07) is 8.84. The Morgan fingerprint density at radius 3 is 2.32 bits per heavy atom. The van der Waals surface area contributed by atoms with E-state index in [9.17, 15) is 13.2 Å². The number of rotatable bonds is 5. The van der Waals surface area contributed by atoms with Gasteiger partial charge in [-0.25, -0.2) is 8.42 Å². The maximum atomic E-state index is 12.8. The van der Waals surface area contributed by atoms with Crippen molar-refractivity contribution in [2.24, 2.45) is 0 Å². The number of aromatic nitrogens is 1. The molecule has 0 spiro atoms. The molecule has 1 aliphatic heterocycles. The highest BCUT2D eigenvalue weighted by atomic mass is 32.2. The number of sulfonamides is 1. The topological polar surface area (TPSA) is 73.5 Å². The first-order valence-electron chi connectivity index (χ1n) is 8.53. The molecule has 0 saturated carbocycles. The molecule has 3 rings (SSSR count). The lowest BCUT2D eigenvalue weighted by Gasteiger charge is -2.33. The Kier molecular flexibility index (Phi) is 5.24. The minimum absolute atomic E-state index is 0.0674. The van der Waals surface area contributed by atoms with Crippen LogP contribution < -0.4 is 0 Å². The molecular weight excluding hydrogens is 338 g/mol. The molecule has 1 saturated heterocycles. The van der Waals surface area contributed by atoms with E-state index in [-0.39, 0.29) is 5.91 Å². The number of nitrogens with one attached hydrogen (secondary N) is 1. The standard InChI is InChI=1S/C18H23N3O3S/c1-2-3-15-4-6-17(7-5-15)25(23,24)21-12-10-20(11-13-21)18(22)16-8-9-19-14-16/h4-9,14,19H,2-3,10-13H2,1H3. The monoisotopic (exact) mass is 361 g/mol. The van der Waals surface area contributed by atoms with Crippen LogP contribution in [0.2, 0.25) is 0 Å². The van der Waals surface area contributed by atoms with Crippen molar-refractivity contribution in [1.82, 2.24) is 14.2 Å². The third kappa shape index (κ3) is 3.77. The zero-order valence-electron chi connectivity index (χ0n) is 14.3. The predicted molar refractivity (Wildman–Crippen MR) is 95.9 cm³/mol. The van der Waals surface area contributed by atoms with Gasteiger partial charge in [0.05, 0.1) is 10.5 Å². The third-order valence-electron chi connectivity index (χ3n) is 4.47. The molecule has 0 radical (unpaired) electrons. The summed E-state index contributed by atoms with van der Waals surface area (Å²) >= 11 is 0. The zero-order chi connectivity index (χ0) is 17.9. The Morgan fingerprint density at radius 2 is 1.76 bits per heavy atom. The lowest BCUT2D eigenvalue weighted by molar-refractivity contribution is 0.0698. The van der Waals surface area contributed by atoms with Crippen LogP contribution in [-0.2, 0) is 16.4 Å². The van der Waals surface area contributed by atoms with E-state index in [1.807, 2.05) is 12.1 Å². The average molecular weight is 361 g/mol. The molecule has 1 aromatic heterocycles. The van der Waals surface area contributed by atoms with Gasteiger partial charge in [-0.15, -0.1) is 0 Å². The lowest BCUT2D eigenvalue weighted by Crippen LogP contribution is -2.50. The highest BCUT2D eigenvalue weighted by Gasteiger charge is 2.30. The number of carbonyl (C=O) groups is 1. The number of amides is 1. The van der Waals surface area contributed by atoms with Crippen molar-refractivity contribution in [2.45, 2.75) is 24.7 Å². The first-order valence-corrected chi connectivity index (χ1v) is 9.97. The zero-order valence-corrected chi connectivity index (χ0v) is 15.1. The molecule has 0 aliphatic carbocycles. The fraction of sp³-hybridized carbons (Fsp3) is 0.389. The van der Waals surface area contributed by atoms with Gasteiger partial charge in [0, 0.05) is 38.6 Å². The Morgan fingerprint density at radius 1 is 1.08 bits per heavy atom. The molecule has 2 aromatic rings. The Hall–Kier alpha value is -2.12. The van der Waals surface area contributed by atoms with Gasteiger partial charge in [0.2, 0.25) is 10.0 Å². The number of piperazine rings is 1. The number of aryl methyl sites for hydroxylation is 1. The fourth-order valence-electron chi connectivity index (χ4n) is 3.04. The number of aromatic amines is 1. The van der Waals surface area contributed by atoms with Crippen molar-refractivity contribution in [3.63, 3.8) is 0 Å². The van der Waals surface area contributed by atoms with E-state index in [0.29, 0.717) is 36.6 Å². The van der Waals surface area contributed by atoms with Crippen LogP contribution in [0.3, 0.4) is 0 Å². The molecule has 25 heavy (non-hydrogen) atoms. The number of benzene rings is 1. The molecule has 1 N–H and O–H groups in total. The molecule has 2 heterocycles. The number of nitrogens with zero attached hydrogens (tertiary/aromatic N) is 2. The molecule has 0 atom stereocenters. The van der Waals surface area contributed by atoms with Crippen molar-refractivity contribution < 1.29 is 13.2 Å². The second-order valence-electron chi connectivity index (χ2n) is 6.19. The van der Waals surface area contributed by atoms with Crippen LogP contribution in [0, 0.1) is 0 Å². The minimum Gasteiger partial charge on any atom is -0.367 e. The summed E-state index contributed by atoms with van der Waals surface area (Å²) in [4.78, 5) is 17.2. The average Bonchev–Trinajstić information content (AvgIpc) is 3.17. The molecule has 1 aliphatic rings. The molecular formula is C18H23N3O3S. The van der Waals surface area contributed by atoms with Crippen LogP contribution in [0.1, 0.15) is 29.3 Å². The molecule has 0 unspecified atom stereocenters. The number of carbonyl (C=O) groups excluding carboxylic acids is 1. The summed E-state index contributed by atoms with van der Waals surface area (Å²) in [5, 5.41) is 0. The van der Waals surface area contributed by atoms with Crippen LogP contribution in [0.4, 0.5) is 0 Å². The van der Waals surface area contributed by atoms with Gasteiger partial charge in [-0.3, -0.25) is 4.79 Å². The second kappa shape index (κ2) is 7.41. The third-order valence-corrected chi connectivity index (χ3v) is 6.38. The molecule has 6 nitrogen and oxygen atoms in total. The van der Waals surface area contributed by atoms with E-state index in [1.54, 1.807) is 35.5 Å². The molecule has 7 heteroatoms. The molecule has 134 valence electrons. The van der Waals surface area contributed by atoms with Gasteiger partial charge in [0.1, 0.15) is 0 Å². The van der Waals surface area contributed by atoms with Gasteiger partial charge in [-0.1, -0.05) is 25.5 Å². The summed E-state index contributed by atoms with van der Waals surface area (Å²) in [6.07, 6.45) is 5.34. The first-order chi connectivity index (χ1) is 12.0. The van der Waals surface area contributed by atoms with Gasteiger partial charge in [0.25, 0.3) is 5.91 Å². The summed E-state index contributed by atoms with van der Waals surface area (Å²) in [6.45, 7) is 3.53. The van der Waals surface area contributed by atoms with Crippen LogP contribution in [0.5, 0.6) is 0 Å². The molecule has 1 fully saturated rings. The molecule has 0 bridgehead atoms. The van der Waals surface area contributed by atoms with E-state index < -0.39 is 10.0 Å². The maximum absolute atomic E-state index is 12.8. The molecule has 1 aromatic carbocycles. The van der Waals surface area contributed by atoms with Crippen LogP contribution in [0.25, 0.3) is 0 Å². The van der Waals surface area contributed by atoms with Gasteiger partial charge in [-0.2, -0.15) is 4.31 Å². The van der Waals surface area contributed by atoms with Crippen molar-refractivity contribution in [2.75, 3.05) is 26.2 Å². The Bertz CT molecular complexity index is 806. The van der Waals surface area contributed by atoms with Crippen LogP contribution in [-0.4, -0.2) is 54.7 Å². The highest BCUT2D eigenvalue weighted by Crippen LogP contribution is 2.19. The highest BCUT2D eigenvalue weighted by molar-refractivity contribution is 7.89. The molecule has 1 amide bonds. The quantitative estimate of drug-likeness (QED) is 0.886. The van der Waals surface area contributed by atoms with E-state index in [2.05, 4.69) is 11.9 Å². The fourth-order valence-corrected chi connectivity index (χ4v) is 4.46. The summed E-state index contributed by atoms with van der Waals surface area (Å²) < 4.78 is 27.0. The summed E-state index contributed by atoms with van der Waals surface area (Å²) in [7, 11) is -3.51. The smallest absolute Gasteiger partial charge is 0.255 e. The van der Waals surface area contributed by atoms with Gasteiger partial charge < -0.3 is 9.88 Å². The van der Waals surface area contributed by atoms with E-state index in [1.165, 1.54) is 4.31 Å². The van der Waals surface area contributed by atoms with Crippen molar-refractivity contribution in [3.05, 3.63) is 53.9 Å². The Balaban J connectivity index is 1.66. The van der Waals surface area contributed by atoms with Crippen LogP contribution in [0.15, 0.2) is 47.6 Å². The predicted octanol–water partition coefficient (Wildman–Crippen LogP) is 2.11. The second-order valence-corrected chi connectivity index (χ2v) is 8.13. The van der Waals surface area contributed by atoms with E-state index in [0.717, 1.165) is 18.4 Å². The van der Waals surface area contributed by atoms with Crippen molar-refractivity contribution >= 4 is 15.9 Å². The Labute approximate surface area is 148 Å². The summed E-state index contributed by atoms with van der Waals surface area (Å²) in [5.74, 6) is -0.0674. The normalized spacial score (nSPS) is 16.1. The van der Waals surface area contributed by atoms with E-state index >= 15 is 0 Å².